The fourth-order valence-electron chi connectivity index (χ4n) is 7.22. The molecule has 0 heterocycles. The number of rotatable bonds is 27. The minimum absolute atomic E-state index is 0.678. The molecule has 0 unspecified atom stereocenters. The molecule has 0 fully saturated rings. The summed E-state index contributed by atoms with van der Waals surface area (Å²) in [5.41, 5.74) is 2.06. The molecule has 0 aromatic heterocycles. The lowest BCUT2D eigenvalue weighted by Gasteiger charge is -2.21. The number of methoxy groups -OCH3 is 2. The molecular formula is C46H64Br2O4. The third kappa shape index (κ3) is 12.9. The Bertz CT molecular complexity index is 1510. The van der Waals surface area contributed by atoms with E-state index < -0.39 is 0 Å². The fourth-order valence-corrected chi connectivity index (χ4v) is 8.27. The van der Waals surface area contributed by atoms with E-state index in [0.717, 1.165) is 77.5 Å². The van der Waals surface area contributed by atoms with E-state index in [1.807, 2.05) is 0 Å². The summed E-state index contributed by atoms with van der Waals surface area (Å²) in [6.07, 6.45) is 25.9. The molecule has 0 aliphatic carbocycles. The number of fused-ring (bicyclic) bond motifs is 2. The van der Waals surface area contributed by atoms with Crippen molar-refractivity contribution in [1.82, 2.24) is 0 Å². The zero-order valence-electron chi connectivity index (χ0n) is 32.6. The fraction of sp³-hybridized carbons (Fsp3) is 0.565. The van der Waals surface area contributed by atoms with Crippen molar-refractivity contribution in [2.75, 3.05) is 27.4 Å². The second kappa shape index (κ2) is 24.1. The van der Waals surface area contributed by atoms with Gasteiger partial charge in [0.15, 0.2) is 0 Å². The first kappa shape index (κ1) is 42.3. The van der Waals surface area contributed by atoms with Crippen LogP contribution in [0.15, 0.2) is 57.5 Å². The molecule has 52 heavy (non-hydrogen) atoms. The van der Waals surface area contributed by atoms with Gasteiger partial charge in [0.2, 0.25) is 0 Å². The molecule has 0 spiro atoms. The van der Waals surface area contributed by atoms with Gasteiger partial charge in [-0.2, -0.15) is 0 Å². The highest BCUT2D eigenvalue weighted by molar-refractivity contribution is 9.11. The highest BCUT2D eigenvalue weighted by Crippen LogP contribution is 2.48. The van der Waals surface area contributed by atoms with Crippen LogP contribution in [-0.4, -0.2) is 27.4 Å². The molecule has 0 amide bonds. The summed E-state index contributed by atoms with van der Waals surface area (Å²) >= 11 is 7.45. The molecule has 4 aromatic carbocycles. The molecule has 286 valence electrons. The topological polar surface area (TPSA) is 36.9 Å². The maximum atomic E-state index is 6.72. The highest BCUT2D eigenvalue weighted by Gasteiger charge is 2.22. The number of unbranched alkanes of at least 4 members (excludes halogenated alkanes) is 18. The minimum atomic E-state index is 0.678. The summed E-state index contributed by atoms with van der Waals surface area (Å²) in [7, 11) is 3.44. The normalized spacial score (nSPS) is 11.4. The van der Waals surface area contributed by atoms with Gasteiger partial charge in [-0.15, -0.1) is 0 Å². The monoisotopic (exact) mass is 838 g/mol. The Balaban J connectivity index is 1.58. The van der Waals surface area contributed by atoms with E-state index in [-0.39, 0.29) is 0 Å². The lowest BCUT2D eigenvalue weighted by atomic mass is 9.92. The van der Waals surface area contributed by atoms with Crippen LogP contribution in [-0.2, 0) is 0 Å². The first-order valence-electron chi connectivity index (χ1n) is 20.4. The SMILES string of the molecule is CCCCCCCCCCCCOc1ccc2cc(Br)c(OC)cc2c1-c1c(OCCCCCCCCCCCC)ccc2cc(Br)c(OC)cc12. The Morgan fingerprint density at radius 1 is 0.404 bits per heavy atom. The summed E-state index contributed by atoms with van der Waals surface area (Å²) in [5.74, 6) is 3.31. The van der Waals surface area contributed by atoms with E-state index in [4.69, 9.17) is 18.9 Å². The van der Waals surface area contributed by atoms with Crippen LogP contribution in [0.5, 0.6) is 23.0 Å². The molecule has 0 radical (unpaired) electrons. The van der Waals surface area contributed by atoms with Crippen molar-refractivity contribution in [1.29, 1.82) is 0 Å². The van der Waals surface area contributed by atoms with Gasteiger partial charge < -0.3 is 18.9 Å². The lowest BCUT2D eigenvalue weighted by Crippen LogP contribution is -2.03. The van der Waals surface area contributed by atoms with Gasteiger partial charge in [0, 0.05) is 11.1 Å². The van der Waals surface area contributed by atoms with Gasteiger partial charge in [-0.3, -0.25) is 0 Å². The Labute approximate surface area is 332 Å². The maximum Gasteiger partial charge on any atom is 0.133 e. The molecule has 6 heteroatoms. The van der Waals surface area contributed by atoms with Gasteiger partial charge in [-0.1, -0.05) is 142 Å². The number of halogens is 2. The van der Waals surface area contributed by atoms with Crippen molar-refractivity contribution in [3.05, 3.63) is 57.5 Å². The Kier molecular flexibility index (Phi) is 19.6. The lowest BCUT2D eigenvalue weighted by molar-refractivity contribution is 0.301. The molecule has 0 aliphatic heterocycles. The van der Waals surface area contributed by atoms with E-state index in [2.05, 4.69) is 94.2 Å². The van der Waals surface area contributed by atoms with Gasteiger partial charge in [-0.25, -0.2) is 0 Å². The Morgan fingerprint density at radius 2 is 0.731 bits per heavy atom. The van der Waals surface area contributed by atoms with Crippen LogP contribution in [0.4, 0.5) is 0 Å². The number of hydrogen-bond donors (Lipinski definition) is 0. The van der Waals surface area contributed by atoms with Crippen molar-refractivity contribution in [3.63, 3.8) is 0 Å². The van der Waals surface area contributed by atoms with Gasteiger partial charge in [0.25, 0.3) is 0 Å². The van der Waals surface area contributed by atoms with Crippen LogP contribution in [0.3, 0.4) is 0 Å². The number of ether oxygens (including phenoxy) is 4. The van der Waals surface area contributed by atoms with Gasteiger partial charge in [0.1, 0.15) is 23.0 Å². The smallest absolute Gasteiger partial charge is 0.133 e. The molecule has 4 nitrogen and oxygen atoms in total. The summed E-state index contributed by atoms with van der Waals surface area (Å²) in [5, 5.41) is 4.35. The standard InChI is InChI=1S/C46H64Br2O4/c1-5-7-9-11-13-15-17-19-21-23-29-51-41-27-25-35-31-39(47)43(49-3)33-37(35)45(41)46-38-34-44(50-4)40(48)32-36(38)26-28-42(46)52-30-24-22-20-18-16-14-12-10-8-6-2/h25-28,31-34H,5-24,29-30H2,1-4H3. The van der Waals surface area contributed by atoms with Crippen LogP contribution in [0, 0.1) is 0 Å². The zero-order chi connectivity index (χ0) is 37.0. The number of hydrogen-bond acceptors (Lipinski definition) is 4. The molecule has 4 rings (SSSR count). The summed E-state index contributed by atoms with van der Waals surface area (Å²) in [6, 6.07) is 17.1. The maximum absolute atomic E-state index is 6.72. The number of benzene rings is 4. The largest absolute Gasteiger partial charge is 0.496 e. The first-order valence-corrected chi connectivity index (χ1v) is 22.0. The quantitative estimate of drug-likeness (QED) is 0.0561. The molecular weight excluding hydrogens is 776 g/mol. The van der Waals surface area contributed by atoms with Gasteiger partial charge in [-0.05, 0) is 103 Å². The second-order valence-electron chi connectivity index (χ2n) is 14.4. The average molecular weight is 841 g/mol. The molecule has 0 aliphatic rings. The first-order chi connectivity index (χ1) is 25.5. The van der Waals surface area contributed by atoms with Crippen LogP contribution < -0.4 is 18.9 Å². The summed E-state index contributed by atoms with van der Waals surface area (Å²) < 4.78 is 26.9. The highest BCUT2D eigenvalue weighted by atomic mass is 79.9. The van der Waals surface area contributed by atoms with Crippen molar-refractivity contribution in [2.24, 2.45) is 0 Å². The molecule has 0 N–H and O–H groups in total. The van der Waals surface area contributed by atoms with E-state index in [1.54, 1.807) is 14.2 Å². The third-order valence-electron chi connectivity index (χ3n) is 10.3. The molecule has 4 aromatic rings. The van der Waals surface area contributed by atoms with Crippen LogP contribution in [0.1, 0.15) is 142 Å². The van der Waals surface area contributed by atoms with Crippen molar-refractivity contribution in [3.8, 4) is 34.1 Å². The van der Waals surface area contributed by atoms with E-state index in [9.17, 15) is 0 Å². The van der Waals surface area contributed by atoms with Crippen LogP contribution >= 0.6 is 31.9 Å². The van der Waals surface area contributed by atoms with E-state index in [0.29, 0.717) is 13.2 Å². The van der Waals surface area contributed by atoms with Gasteiger partial charge in [0.05, 0.1) is 36.4 Å². The molecule has 0 saturated carbocycles. The third-order valence-corrected chi connectivity index (χ3v) is 11.5. The predicted molar refractivity (Wildman–Crippen MR) is 230 cm³/mol. The van der Waals surface area contributed by atoms with E-state index >= 15 is 0 Å². The Morgan fingerprint density at radius 3 is 1.06 bits per heavy atom. The molecule has 0 atom stereocenters. The van der Waals surface area contributed by atoms with Crippen LogP contribution in [0.2, 0.25) is 0 Å². The average Bonchev–Trinajstić information content (AvgIpc) is 3.15. The zero-order valence-corrected chi connectivity index (χ0v) is 35.7. The minimum Gasteiger partial charge on any atom is -0.496 e. The molecule has 0 bridgehead atoms. The van der Waals surface area contributed by atoms with Gasteiger partial charge >= 0.3 is 0 Å². The van der Waals surface area contributed by atoms with Crippen LogP contribution in [0.25, 0.3) is 32.7 Å². The van der Waals surface area contributed by atoms with Crippen molar-refractivity contribution >= 4 is 53.4 Å². The second-order valence-corrected chi connectivity index (χ2v) is 16.1. The van der Waals surface area contributed by atoms with E-state index in [1.165, 1.54) is 116 Å². The summed E-state index contributed by atoms with van der Waals surface area (Å²) in [4.78, 5) is 0. The molecule has 0 saturated heterocycles. The van der Waals surface area contributed by atoms with Crippen molar-refractivity contribution < 1.29 is 18.9 Å². The Hall–Kier alpha value is -2.44. The predicted octanol–water partition coefficient (Wildman–Crippen LogP) is 15.8. The summed E-state index contributed by atoms with van der Waals surface area (Å²) in [6.45, 7) is 5.92. The van der Waals surface area contributed by atoms with Crippen molar-refractivity contribution in [2.45, 2.75) is 142 Å².